The molecule has 132 valence electrons. The maximum absolute atomic E-state index is 13.4. The van der Waals surface area contributed by atoms with Crippen molar-refractivity contribution < 1.29 is 9.18 Å². The van der Waals surface area contributed by atoms with Crippen molar-refractivity contribution in [3.63, 3.8) is 0 Å². The number of aryl methyl sites for hydroxylation is 1. The minimum atomic E-state index is -0.449. The molecule has 1 amide bonds. The first kappa shape index (κ1) is 16.1. The molecule has 6 nitrogen and oxygen atoms in total. The van der Waals surface area contributed by atoms with Crippen LogP contribution >= 0.6 is 0 Å². The molecule has 0 unspecified atom stereocenters. The lowest BCUT2D eigenvalue weighted by atomic mass is 10.0. The highest BCUT2D eigenvalue weighted by molar-refractivity contribution is 5.80. The number of fused-ring (bicyclic) bond motifs is 1. The largest absolute Gasteiger partial charge is 0.346 e. The molecule has 7 heteroatoms. The van der Waals surface area contributed by atoms with Gasteiger partial charge in [-0.05, 0) is 43.4 Å². The number of nitrogens with zero attached hydrogens (tertiary/aromatic N) is 4. The number of amides is 1. The smallest absolute Gasteiger partial charge is 0.341 e. The fraction of sp³-hybridized carbons (Fsp3) is 0.500. The zero-order valence-corrected chi connectivity index (χ0v) is 14.0. The highest BCUT2D eigenvalue weighted by Gasteiger charge is 2.34. The third-order valence-corrected chi connectivity index (χ3v) is 5.05. The molecule has 25 heavy (non-hydrogen) atoms. The van der Waals surface area contributed by atoms with E-state index in [1.54, 1.807) is 16.7 Å². The molecule has 0 radical (unpaired) electrons. The van der Waals surface area contributed by atoms with Crippen LogP contribution in [0.15, 0.2) is 29.1 Å². The van der Waals surface area contributed by atoms with Gasteiger partial charge in [0.1, 0.15) is 17.7 Å². The third-order valence-electron chi connectivity index (χ3n) is 5.05. The van der Waals surface area contributed by atoms with Crippen molar-refractivity contribution in [3.05, 3.63) is 52.0 Å². The van der Waals surface area contributed by atoms with Crippen molar-refractivity contribution in [2.75, 3.05) is 13.1 Å². The van der Waals surface area contributed by atoms with Crippen molar-refractivity contribution in [1.29, 1.82) is 0 Å². The number of hydrogen-bond acceptors (Lipinski definition) is 3. The van der Waals surface area contributed by atoms with Crippen LogP contribution in [0.25, 0.3) is 0 Å². The monoisotopic (exact) mass is 344 g/mol. The summed E-state index contributed by atoms with van der Waals surface area (Å²) in [5, 5.41) is 4.41. The van der Waals surface area contributed by atoms with Crippen LogP contribution in [0.1, 0.15) is 43.1 Å². The molecule has 1 saturated heterocycles. The molecule has 0 bridgehead atoms. The van der Waals surface area contributed by atoms with Gasteiger partial charge in [-0.25, -0.2) is 13.9 Å². The summed E-state index contributed by atoms with van der Waals surface area (Å²) >= 11 is 0. The summed E-state index contributed by atoms with van der Waals surface area (Å²) in [5.41, 5.74) is 0.400. The minimum absolute atomic E-state index is 0.0332. The Balaban J connectivity index is 1.65. The van der Waals surface area contributed by atoms with E-state index in [0.29, 0.717) is 24.2 Å². The molecule has 0 saturated carbocycles. The molecule has 0 aliphatic carbocycles. The first-order chi connectivity index (χ1) is 12.1. The SMILES string of the molecule is O=C([C@H]1CCCc2nn(Cc3cccc(F)c3)c(=O)n21)N1CCCC1. The highest BCUT2D eigenvalue weighted by atomic mass is 19.1. The predicted octanol–water partition coefficient (Wildman–Crippen LogP) is 1.73. The van der Waals surface area contributed by atoms with Crippen LogP contribution in [-0.4, -0.2) is 38.2 Å². The molecular formula is C18H21FN4O2. The molecule has 1 aromatic carbocycles. The van der Waals surface area contributed by atoms with E-state index in [4.69, 9.17) is 0 Å². The van der Waals surface area contributed by atoms with Gasteiger partial charge in [-0.15, -0.1) is 0 Å². The molecule has 1 aromatic heterocycles. The van der Waals surface area contributed by atoms with E-state index < -0.39 is 6.04 Å². The second kappa shape index (κ2) is 6.46. The standard InChI is InChI=1S/C18H21FN4O2/c19-14-6-3-5-13(11-14)12-22-18(25)23-15(7-4-8-16(23)20-22)17(24)21-9-1-2-10-21/h3,5-6,11,15H,1-2,4,7-10,12H2/t15-/m1/s1. The van der Waals surface area contributed by atoms with E-state index in [1.165, 1.54) is 16.8 Å². The van der Waals surface area contributed by atoms with Gasteiger partial charge in [0.25, 0.3) is 0 Å². The van der Waals surface area contributed by atoms with Crippen LogP contribution in [0.5, 0.6) is 0 Å². The Morgan fingerprint density at radius 1 is 1.24 bits per heavy atom. The summed E-state index contributed by atoms with van der Waals surface area (Å²) in [6.07, 6.45) is 4.27. The first-order valence-electron chi connectivity index (χ1n) is 8.85. The molecule has 4 rings (SSSR count). The van der Waals surface area contributed by atoms with Gasteiger partial charge >= 0.3 is 5.69 Å². The maximum atomic E-state index is 13.4. The number of halogens is 1. The Kier molecular flexibility index (Phi) is 4.15. The topological polar surface area (TPSA) is 60.1 Å². The van der Waals surface area contributed by atoms with Gasteiger partial charge in [0, 0.05) is 19.5 Å². The summed E-state index contributed by atoms with van der Waals surface area (Å²) < 4.78 is 16.3. The van der Waals surface area contributed by atoms with Crippen molar-refractivity contribution in [3.8, 4) is 0 Å². The van der Waals surface area contributed by atoms with Crippen LogP contribution in [0.4, 0.5) is 4.39 Å². The van der Waals surface area contributed by atoms with Crippen LogP contribution in [0.2, 0.25) is 0 Å². The number of benzene rings is 1. The molecular weight excluding hydrogens is 323 g/mol. The Labute approximate surface area is 144 Å². The lowest BCUT2D eigenvalue weighted by Gasteiger charge is -2.27. The van der Waals surface area contributed by atoms with Gasteiger partial charge in [0.05, 0.1) is 6.54 Å². The fourth-order valence-corrected chi connectivity index (χ4v) is 3.82. The molecule has 0 N–H and O–H groups in total. The summed E-state index contributed by atoms with van der Waals surface area (Å²) in [5.74, 6) is 0.354. The van der Waals surface area contributed by atoms with Gasteiger partial charge in [-0.1, -0.05) is 12.1 Å². The first-order valence-corrected chi connectivity index (χ1v) is 8.85. The molecule has 2 aliphatic heterocycles. The van der Waals surface area contributed by atoms with Gasteiger partial charge in [-0.2, -0.15) is 5.10 Å². The third kappa shape index (κ3) is 2.99. The number of hydrogen-bond donors (Lipinski definition) is 0. The molecule has 1 atom stereocenters. The molecule has 0 spiro atoms. The number of likely N-dealkylation sites (tertiary alicyclic amines) is 1. The lowest BCUT2D eigenvalue weighted by molar-refractivity contribution is -0.134. The summed E-state index contributed by atoms with van der Waals surface area (Å²) in [6, 6.07) is 5.70. The van der Waals surface area contributed by atoms with Crippen molar-refractivity contribution >= 4 is 5.91 Å². The molecule has 2 aromatic rings. The summed E-state index contributed by atoms with van der Waals surface area (Å²) in [4.78, 5) is 27.5. The summed E-state index contributed by atoms with van der Waals surface area (Å²) in [7, 11) is 0. The van der Waals surface area contributed by atoms with Crippen LogP contribution in [0.3, 0.4) is 0 Å². The van der Waals surface area contributed by atoms with E-state index in [2.05, 4.69) is 5.10 Å². The normalized spacial score (nSPS) is 19.9. The van der Waals surface area contributed by atoms with Gasteiger partial charge in [0.2, 0.25) is 5.91 Å². The Morgan fingerprint density at radius 3 is 2.80 bits per heavy atom. The second-order valence-corrected chi connectivity index (χ2v) is 6.80. The lowest BCUT2D eigenvalue weighted by Crippen LogP contribution is -2.41. The van der Waals surface area contributed by atoms with E-state index >= 15 is 0 Å². The number of aromatic nitrogens is 3. The zero-order valence-electron chi connectivity index (χ0n) is 14.0. The van der Waals surface area contributed by atoms with E-state index in [0.717, 1.165) is 32.4 Å². The Bertz CT molecular complexity index is 851. The van der Waals surface area contributed by atoms with E-state index in [1.807, 2.05) is 4.90 Å². The van der Waals surface area contributed by atoms with Gasteiger partial charge in [-0.3, -0.25) is 9.36 Å². The highest BCUT2D eigenvalue weighted by Crippen LogP contribution is 2.25. The van der Waals surface area contributed by atoms with E-state index in [-0.39, 0.29) is 24.0 Å². The van der Waals surface area contributed by atoms with Crippen molar-refractivity contribution in [1.82, 2.24) is 19.2 Å². The van der Waals surface area contributed by atoms with Crippen molar-refractivity contribution in [2.45, 2.75) is 44.7 Å². The average molecular weight is 344 g/mol. The fourth-order valence-electron chi connectivity index (χ4n) is 3.82. The average Bonchev–Trinajstić information content (AvgIpc) is 3.24. The second-order valence-electron chi connectivity index (χ2n) is 6.80. The van der Waals surface area contributed by atoms with Crippen molar-refractivity contribution in [2.24, 2.45) is 0 Å². The maximum Gasteiger partial charge on any atom is 0.346 e. The van der Waals surface area contributed by atoms with E-state index in [9.17, 15) is 14.0 Å². The number of rotatable bonds is 3. The quantitative estimate of drug-likeness (QED) is 0.852. The zero-order chi connectivity index (χ0) is 17.4. The van der Waals surface area contributed by atoms with Gasteiger partial charge < -0.3 is 4.90 Å². The number of carbonyl (C=O) groups excluding carboxylic acids is 1. The van der Waals surface area contributed by atoms with Crippen LogP contribution in [0, 0.1) is 5.82 Å². The Morgan fingerprint density at radius 2 is 2.04 bits per heavy atom. The van der Waals surface area contributed by atoms with Crippen LogP contribution in [-0.2, 0) is 17.8 Å². The minimum Gasteiger partial charge on any atom is -0.341 e. The summed E-state index contributed by atoms with van der Waals surface area (Å²) in [6.45, 7) is 1.76. The predicted molar refractivity (Wildman–Crippen MR) is 89.8 cm³/mol. The Hall–Kier alpha value is -2.44. The molecule has 2 aliphatic rings. The van der Waals surface area contributed by atoms with Crippen LogP contribution < -0.4 is 5.69 Å². The molecule has 1 fully saturated rings. The molecule has 3 heterocycles. The van der Waals surface area contributed by atoms with Gasteiger partial charge in [0.15, 0.2) is 0 Å². The number of carbonyl (C=O) groups is 1.